The zero-order chi connectivity index (χ0) is 11.6. The average molecular weight is 235 g/mol. The molecule has 2 aliphatic carbocycles. The summed E-state index contributed by atoms with van der Waals surface area (Å²) in [4.78, 5) is 0. The third kappa shape index (κ3) is 3.12. The van der Waals surface area contributed by atoms with Crippen molar-refractivity contribution in [2.45, 2.75) is 69.6 Å². The molecule has 1 N–H and O–H groups in total. The molecule has 2 rings (SSSR count). The summed E-state index contributed by atoms with van der Waals surface area (Å²) in [5, 5.41) is 3.42. The van der Waals surface area contributed by atoms with Crippen molar-refractivity contribution < 1.29 is 13.2 Å². The van der Waals surface area contributed by atoms with Crippen LogP contribution < -0.4 is 5.32 Å². The van der Waals surface area contributed by atoms with E-state index in [4.69, 9.17) is 0 Å². The molecule has 0 amide bonds. The van der Waals surface area contributed by atoms with Crippen LogP contribution in [0, 0.1) is 5.92 Å². The second-order valence-corrected chi connectivity index (χ2v) is 5.25. The highest BCUT2D eigenvalue weighted by molar-refractivity contribution is 4.85. The predicted molar refractivity (Wildman–Crippen MR) is 57.2 cm³/mol. The molecule has 0 aromatic carbocycles. The van der Waals surface area contributed by atoms with E-state index in [-0.39, 0.29) is 6.04 Å². The molecule has 1 nitrogen and oxygen atoms in total. The van der Waals surface area contributed by atoms with Gasteiger partial charge in [-0.2, -0.15) is 13.2 Å². The van der Waals surface area contributed by atoms with Gasteiger partial charge in [0.1, 0.15) is 0 Å². The van der Waals surface area contributed by atoms with Crippen LogP contribution in [0.4, 0.5) is 13.2 Å². The van der Waals surface area contributed by atoms with Gasteiger partial charge in [0, 0.05) is 12.1 Å². The van der Waals surface area contributed by atoms with E-state index in [1.165, 1.54) is 12.8 Å². The minimum Gasteiger partial charge on any atom is -0.311 e. The molecule has 0 radical (unpaired) electrons. The number of hydrogen-bond acceptors (Lipinski definition) is 1. The Labute approximate surface area is 94.8 Å². The Balaban J connectivity index is 1.81. The third-order valence-electron chi connectivity index (χ3n) is 3.96. The van der Waals surface area contributed by atoms with Crippen LogP contribution in [0.1, 0.15) is 51.4 Å². The first kappa shape index (κ1) is 12.2. The number of halogens is 3. The fourth-order valence-corrected chi connectivity index (χ4v) is 3.06. The van der Waals surface area contributed by atoms with Gasteiger partial charge < -0.3 is 5.32 Å². The standard InChI is InChI=1S/C12H20F3N/c13-12(14,15)9-4-3-7-11(8-9)16-10-5-1-2-6-10/h9-11,16H,1-8H2. The highest BCUT2D eigenvalue weighted by atomic mass is 19.4. The van der Waals surface area contributed by atoms with Gasteiger partial charge in [-0.15, -0.1) is 0 Å². The molecular weight excluding hydrogens is 215 g/mol. The number of nitrogens with one attached hydrogen (secondary N) is 1. The fraction of sp³-hybridized carbons (Fsp3) is 1.00. The molecule has 0 aliphatic heterocycles. The molecule has 0 aromatic heterocycles. The lowest BCUT2D eigenvalue weighted by Crippen LogP contribution is -2.42. The van der Waals surface area contributed by atoms with Gasteiger partial charge in [-0.05, 0) is 32.1 Å². The molecule has 16 heavy (non-hydrogen) atoms. The third-order valence-corrected chi connectivity index (χ3v) is 3.96. The predicted octanol–water partition coefficient (Wildman–Crippen LogP) is 3.64. The Bertz CT molecular complexity index is 221. The molecule has 2 fully saturated rings. The minimum absolute atomic E-state index is 0.100. The van der Waals surface area contributed by atoms with Crippen molar-refractivity contribution in [2.24, 2.45) is 5.92 Å². The second-order valence-electron chi connectivity index (χ2n) is 5.25. The SMILES string of the molecule is FC(F)(F)C1CCCC(NC2CCCC2)C1. The molecule has 2 saturated carbocycles. The van der Waals surface area contributed by atoms with E-state index in [0.29, 0.717) is 25.3 Å². The second kappa shape index (κ2) is 4.94. The first-order chi connectivity index (χ1) is 7.55. The summed E-state index contributed by atoms with van der Waals surface area (Å²) >= 11 is 0. The van der Waals surface area contributed by atoms with E-state index in [1.807, 2.05) is 0 Å². The molecule has 4 heteroatoms. The van der Waals surface area contributed by atoms with Gasteiger partial charge in [0.15, 0.2) is 0 Å². The Morgan fingerprint density at radius 2 is 1.44 bits per heavy atom. The smallest absolute Gasteiger partial charge is 0.311 e. The van der Waals surface area contributed by atoms with Crippen molar-refractivity contribution in [3.63, 3.8) is 0 Å². The highest BCUT2D eigenvalue weighted by Crippen LogP contribution is 2.38. The lowest BCUT2D eigenvalue weighted by Gasteiger charge is -2.32. The van der Waals surface area contributed by atoms with E-state index in [2.05, 4.69) is 5.32 Å². The first-order valence-corrected chi connectivity index (χ1v) is 6.38. The van der Waals surface area contributed by atoms with Crippen molar-refractivity contribution in [1.82, 2.24) is 5.32 Å². The summed E-state index contributed by atoms with van der Waals surface area (Å²) in [5.41, 5.74) is 0. The van der Waals surface area contributed by atoms with Crippen molar-refractivity contribution in [3.8, 4) is 0 Å². The van der Waals surface area contributed by atoms with Crippen LogP contribution in [-0.4, -0.2) is 18.3 Å². The summed E-state index contributed by atoms with van der Waals surface area (Å²) in [6, 6.07) is 0.584. The molecule has 0 saturated heterocycles. The lowest BCUT2D eigenvalue weighted by molar-refractivity contribution is -0.183. The zero-order valence-electron chi connectivity index (χ0n) is 9.52. The van der Waals surface area contributed by atoms with Crippen molar-refractivity contribution in [1.29, 1.82) is 0 Å². The van der Waals surface area contributed by atoms with Gasteiger partial charge >= 0.3 is 6.18 Å². The van der Waals surface area contributed by atoms with Crippen molar-refractivity contribution in [2.75, 3.05) is 0 Å². The highest BCUT2D eigenvalue weighted by Gasteiger charge is 2.42. The van der Waals surface area contributed by atoms with Gasteiger partial charge in [0.25, 0.3) is 0 Å². The van der Waals surface area contributed by atoms with Crippen molar-refractivity contribution in [3.05, 3.63) is 0 Å². The van der Waals surface area contributed by atoms with Crippen LogP contribution in [-0.2, 0) is 0 Å². The normalized spacial score (nSPS) is 33.2. The topological polar surface area (TPSA) is 12.0 Å². The van der Waals surface area contributed by atoms with E-state index >= 15 is 0 Å². The molecule has 0 bridgehead atoms. The molecular formula is C12H20F3N. The summed E-state index contributed by atoms with van der Waals surface area (Å²) in [6.45, 7) is 0. The van der Waals surface area contributed by atoms with Crippen LogP contribution >= 0.6 is 0 Å². The van der Waals surface area contributed by atoms with Gasteiger partial charge in [-0.3, -0.25) is 0 Å². The Kier molecular flexibility index (Phi) is 3.77. The summed E-state index contributed by atoms with van der Waals surface area (Å²) in [6.07, 6.45) is 3.01. The number of hydrogen-bond donors (Lipinski definition) is 1. The maximum absolute atomic E-state index is 12.6. The summed E-state index contributed by atoms with van der Waals surface area (Å²) < 4.78 is 37.8. The average Bonchev–Trinajstić information content (AvgIpc) is 2.70. The van der Waals surface area contributed by atoms with Gasteiger partial charge in [0.05, 0.1) is 5.92 Å². The molecule has 2 unspecified atom stereocenters. The van der Waals surface area contributed by atoms with Gasteiger partial charge in [-0.25, -0.2) is 0 Å². The molecule has 0 heterocycles. The zero-order valence-corrected chi connectivity index (χ0v) is 9.52. The molecule has 2 atom stereocenters. The van der Waals surface area contributed by atoms with Gasteiger partial charge in [-0.1, -0.05) is 19.3 Å². The lowest BCUT2D eigenvalue weighted by atomic mass is 9.85. The molecule has 2 aliphatic rings. The number of alkyl halides is 3. The molecule has 94 valence electrons. The number of rotatable bonds is 2. The largest absolute Gasteiger partial charge is 0.391 e. The van der Waals surface area contributed by atoms with Crippen LogP contribution in [0.5, 0.6) is 0 Å². The van der Waals surface area contributed by atoms with E-state index < -0.39 is 12.1 Å². The first-order valence-electron chi connectivity index (χ1n) is 6.38. The Morgan fingerprint density at radius 1 is 0.812 bits per heavy atom. The fourth-order valence-electron chi connectivity index (χ4n) is 3.06. The maximum atomic E-state index is 12.6. The van der Waals surface area contributed by atoms with E-state index in [1.54, 1.807) is 0 Å². The van der Waals surface area contributed by atoms with Crippen LogP contribution in [0.2, 0.25) is 0 Å². The monoisotopic (exact) mass is 235 g/mol. The van der Waals surface area contributed by atoms with Gasteiger partial charge in [0.2, 0.25) is 0 Å². The van der Waals surface area contributed by atoms with Crippen LogP contribution in [0.3, 0.4) is 0 Å². The van der Waals surface area contributed by atoms with Crippen LogP contribution in [0.15, 0.2) is 0 Å². The quantitative estimate of drug-likeness (QED) is 0.770. The summed E-state index contributed by atoms with van der Waals surface area (Å²) in [7, 11) is 0. The molecule has 0 spiro atoms. The Morgan fingerprint density at radius 3 is 2.06 bits per heavy atom. The van der Waals surface area contributed by atoms with E-state index in [9.17, 15) is 13.2 Å². The van der Waals surface area contributed by atoms with Crippen LogP contribution in [0.25, 0.3) is 0 Å². The van der Waals surface area contributed by atoms with Crippen molar-refractivity contribution >= 4 is 0 Å². The maximum Gasteiger partial charge on any atom is 0.391 e. The molecule has 0 aromatic rings. The minimum atomic E-state index is -3.99. The Hall–Kier alpha value is -0.250. The van der Waals surface area contributed by atoms with E-state index in [0.717, 1.165) is 19.3 Å². The summed E-state index contributed by atoms with van der Waals surface area (Å²) in [5.74, 6) is -1.07.